The molecular weight excluding hydrogens is 266 g/mol. The van der Waals surface area contributed by atoms with Gasteiger partial charge in [0.25, 0.3) is 0 Å². The first kappa shape index (κ1) is 14.3. The summed E-state index contributed by atoms with van der Waals surface area (Å²) >= 11 is 0. The van der Waals surface area contributed by atoms with Crippen molar-refractivity contribution in [1.82, 2.24) is 19.8 Å². The average molecular weight is 289 g/mol. The molecule has 0 unspecified atom stereocenters. The number of fused-ring (bicyclic) bond motifs is 1. The number of anilines is 1. The molecule has 0 aliphatic carbocycles. The molecule has 2 aliphatic heterocycles. The maximum atomic E-state index is 11.5. The number of nitrogens with two attached hydrogens (primary N) is 1. The smallest absolute Gasteiger partial charge is 0.219 e. The highest BCUT2D eigenvalue weighted by molar-refractivity contribution is 5.73. The van der Waals surface area contributed by atoms with Crippen molar-refractivity contribution in [2.75, 3.05) is 32.4 Å². The second-order valence-corrected chi connectivity index (χ2v) is 6.18. The molecule has 0 bridgehead atoms. The predicted molar refractivity (Wildman–Crippen MR) is 80.7 cm³/mol. The van der Waals surface area contributed by atoms with Crippen LogP contribution in [0.3, 0.4) is 0 Å². The van der Waals surface area contributed by atoms with Crippen molar-refractivity contribution in [3.8, 4) is 0 Å². The third-order valence-electron chi connectivity index (χ3n) is 4.54. The first-order chi connectivity index (χ1) is 10.0. The first-order valence-electron chi connectivity index (χ1n) is 7.64. The number of nitrogen functional groups attached to an aromatic ring is 1. The first-order valence-corrected chi connectivity index (χ1v) is 7.64. The summed E-state index contributed by atoms with van der Waals surface area (Å²) in [5, 5.41) is 0. The Morgan fingerprint density at radius 1 is 1.33 bits per heavy atom. The zero-order chi connectivity index (χ0) is 15.0. The van der Waals surface area contributed by atoms with Crippen LogP contribution in [0.1, 0.15) is 42.8 Å². The number of amides is 1. The highest BCUT2D eigenvalue weighted by atomic mass is 16.2. The van der Waals surface area contributed by atoms with Gasteiger partial charge in [-0.25, -0.2) is 9.97 Å². The third-order valence-corrected chi connectivity index (χ3v) is 4.54. The van der Waals surface area contributed by atoms with Gasteiger partial charge in [-0.2, -0.15) is 0 Å². The van der Waals surface area contributed by atoms with Crippen molar-refractivity contribution in [2.24, 2.45) is 0 Å². The standard InChI is InChI=1S/C15H23N5O/c1-10(21)20-7-5-13-12(9-20)14(16)18-15(17-13)11-4-3-6-19(2)8-11/h11H,3-9H2,1-2H3,(H2,16,17,18)/t11-/m1/s1. The molecule has 6 heteroatoms. The van der Waals surface area contributed by atoms with Crippen LogP contribution in [0, 0.1) is 0 Å². The molecule has 1 aromatic rings. The molecule has 0 saturated carbocycles. The number of rotatable bonds is 1. The molecule has 1 saturated heterocycles. The number of hydrogen-bond acceptors (Lipinski definition) is 5. The largest absolute Gasteiger partial charge is 0.383 e. The third kappa shape index (κ3) is 2.85. The number of aromatic nitrogens is 2. The Hall–Kier alpha value is -1.69. The molecule has 21 heavy (non-hydrogen) atoms. The molecule has 1 fully saturated rings. The van der Waals surface area contributed by atoms with Crippen molar-refractivity contribution in [2.45, 2.75) is 38.6 Å². The lowest BCUT2D eigenvalue weighted by atomic mass is 9.96. The maximum Gasteiger partial charge on any atom is 0.219 e. The number of piperidine rings is 1. The molecular formula is C15H23N5O. The van der Waals surface area contributed by atoms with Crippen LogP contribution < -0.4 is 5.73 Å². The van der Waals surface area contributed by atoms with Gasteiger partial charge in [-0.3, -0.25) is 4.79 Å². The summed E-state index contributed by atoms with van der Waals surface area (Å²) in [5.41, 5.74) is 8.11. The number of hydrogen-bond donors (Lipinski definition) is 1. The van der Waals surface area contributed by atoms with Crippen LogP contribution in [0.15, 0.2) is 0 Å². The number of carbonyl (C=O) groups is 1. The molecule has 114 valence electrons. The number of carbonyl (C=O) groups excluding carboxylic acids is 1. The Balaban J connectivity index is 1.86. The van der Waals surface area contributed by atoms with E-state index in [9.17, 15) is 4.79 Å². The SMILES string of the molecule is CC(=O)N1CCc2nc([C@@H]3CCCN(C)C3)nc(N)c2C1. The number of likely N-dealkylation sites (N-methyl/N-ethyl adjacent to an activating group) is 1. The molecule has 0 radical (unpaired) electrons. The van der Waals surface area contributed by atoms with E-state index in [0.29, 0.717) is 18.3 Å². The normalized spacial score (nSPS) is 23.0. The van der Waals surface area contributed by atoms with E-state index in [2.05, 4.69) is 16.9 Å². The van der Waals surface area contributed by atoms with Crippen molar-refractivity contribution >= 4 is 11.7 Å². The van der Waals surface area contributed by atoms with Gasteiger partial charge in [0.05, 0.1) is 12.2 Å². The molecule has 2 aliphatic rings. The summed E-state index contributed by atoms with van der Waals surface area (Å²) in [4.78, 5) is 24.9. The molecule has 1 amide bonds. The van der Waals surface area contributed by atoms with E-state index in [1.54, 1.807) is 11.8 Å². The Morgan fingerprint density at radius 2 is 2.14 bits per heavy atom. The van der Waals surface area contributed by atoms with E-state index in [0.717, 1.165) is 49.6 Å². The van der Waals surface area contributed by atoms with Crippen LogP contribution in [-0.2, 0) is 17.8 Å². The van der Waals surface area contributed by atoms with Crippen molar-refractivity contribution in [1.29, 1.82) is 0 Å². The molecule has 2 N–H and O–H groups in total. The quantitative estimate of drug-likeness (QED) is 0.826. The Bertz CT molecular complexity index is 559. The van der Waals surface area contributed by atoms with Crippen molar-refractivity contribution in [3.63, 3.8) is 0 Å². The lowest BCUT2D eigenvalue weighted by molar-refractivity contribution is -0.129. The number of likely N-dealkylation sites (tertiary alicyclic amines) is 1. The van der Waals surface area contributed by atoms with Gasteiger partial charge in [0.2, 0.25) is 5.91 Å². The second-order valence-electron chi connectivity index (χ2n) is 6.18. The molecule has 0 spiro atoms. The monoisotopic (exact) mass is 289 g/mol. The fourth-order valence-corrected chi connectivity index (χ4v) is 3.29. The van der Waals surface area contributed by atoms with Crippen molar-refractivity contribution in [3.05, 3.63) is 17.1 Å². The molecule has 3 heterocycles. The van der Waals surface area contributed by atoms with Crippen LogP contribution in [0.4, 0.5) is 5.82 Å². The molecule has 1 aromatic heterocycles. The van der Waals surface area contributed by atoms with Gasteiger partial charge in [0, 0.05) is 37.9 Å². The lowest BCUT2D eigenvalue weighted by Gasteiger charge is -2.31. The minimum absolute atomic E-state index is 0.0815. The van der Waals surface area contributed by atoms with Crippen LogP contribution in [0.25, 0.3) is 0 Å². The number of nitrogens with zero attached hydrogens (tertiary/aromatic N) is 4. The Kier molecular flexibility index (Phi) is 3.80. The molecule has 1 atom stereocenters. The molecule has 0 aromatic carbocycles. The van der Waals surface area contributed by atoms with Crippen molar-refractivity contribution < 1.29 is 4.79 Å². The van der Waals surface area contributed by atoms with Gasteiger partial charge in [-0.05, 0) is 26.4 Å². The van der Waals surface area contributed by atoms with E-state index >= 15 is 0 Å². The fraction of sp³-hybridized carbons (Fsp3) is 0.667. The maximum absolute atomic E-state index is 11.5. The second kappa shape index (κ2) is 5.60. The summed E-state index contributed by atoms with van der Waals surface area (Å²) in [6.45, 7) is 5.00. The zero-order valence-corrected chi connectivity index (χ0v) is 12.8. The highest BCUT2D eigenvalue weighted by Gasteiger charge is 2.26. The van der Waals surface area contributed by atoms with E-state index in [-0.39, 0.29) is 5.91 Å². The van der Waals surface area contributed by atoms with E-state index < -0.39 is 0 Å². The zero-order valence-electron chi connectivity index (χ0n) is 12.8. The summed E-state index contributed by atoms with van der Waals surface area (Å²) in [6, 6.07) is 0. The summed E-state index contributed by atoms with van der Waals surface area (Å²) in [7, 11) is 2.14. The summed E-state index contributed by atoms with van der Waals surface area (Å²) in [6.07, 6.45) is 3.08. The van der Waals surface area contributed by atoms with Gasteiger partial charge >= 0.3 is 0 Å². The van der Waals surface area contributed by atoms with E-state index in [1.165, 1.54) is 6.42 Å². The van der Waals surface area contributed by atoms with Gasteiger partial charge < -0.3 is 15.5 Å². The highest BCUT2D eigenvalue weighted by Crippen LogP contribution is 2.28. The lowest BCUT2D eigenvalue weighted by Crippen LogP contribution is -2.36. The molecule has 6 nitrogen and oxygen atoms in total. The topological polar surface area (TPSA) is 75.4 Å². The predicted octanol–water partition coefficient (Wildman–Crippen LogP) is 0.773. The van der Waals surface area contributed by atoms with E-state index in [1.807, 2.05) is 0 Å². The van der Waals surface area contributed by atoms with Gasteiger partial charge in [0.1, 0.15) is 11.6 Å². The van der Waals surface area contributed by atoms with Crippen LogP contribution >= 0.6 is 0 Å². The minimum atomic E-state index is 0.0815. The van der Waals surface area contributed by atoms with Gasteiger partial charge in [-0.1, -0.05) is 0 Å². The minimum Gasteiger partial charge on any atom is -0.383 e. The summed E-state index contributed by atoms with van der Waals surface area (Å²) in [5.74, 6) is 1.89. The van der Waals surface area contributed by atoms with Crippen LogP contribution in [-0.4, -0.2) is 52.4 Å². The summed E-state index contributed by atoms with van der Waals surface area (Å²) < 4.78 is 0. The Labute approximate surface area is 125 Å². The van der Waals surface area contributed by atoms with Gasteiger partial charge in [-0.15, -0.1) is 0 Å². The van der Waals surface area contributed by atoms with E-state index in [4.69, 9.17) is 10.7 Å². The van der Waals surface area contributed by atoms with Crippen LogP contribution in [0.5, 0.6) is 0 Å². The molecule has 3 rings (SSSR count). The average Bonchev–Trinajstić information content (AvgIpc) is 2.46. The van der Waals surface area contributed by atoms with Gasteiger partial charge in [0.15, 0.2) is 0 Å². The fourth-order valence-electron chi connectivity index (χ4n) is 3.29. The van der Waals surface area contributed by atoms with Crippen LogP contribution in [0.2, 0.25) is 0 Å². The Morgan fingerprint density at radius 3 is 2.86 bits per heavy atom.